The molecule has 0 saturated heterocycles. The van der Waals surface area contributed by atoms with Crippen molar-refractivity contribution >= 4 is 17.6 Å². The van der Waals surface area contributed by atoms with Gasteiger partial charge in [0.2, 0.25) is 0 Å². The maximum absolute atomic E-state index is 13.9. The minimum Gasteiger partial charge on any atom is -0.497 e. The Hall–Kier alpha value is -3.35. The van der Waals surface area contributed by atoms with E-state index in [2.05, 4.69) is 16.0 Å². The lowest BCUT2D eigenvalue weighted by Gasteiger charge is -2.29. The molecule has 0 bridgehead atoms. The summed E-state index contributed by atoms with van der Waals surface area (Å²) >= 11 is 0. The van der Waals surface area contributed by atoms with Crippen molar-refractivity contribution in [1.29, 1.82) is 0 Å². The molecule has 0 aromatic heterocycles. The quantitative estimate of drug-likeness (QED) is 0.788. The number of ether oxygens (including phenoxy) is 1. The largest absolute Gasteiger partial charge is 0.497 e. The highest BCUT2D eigenvalue weighted by Crippen LogP contribution is 2.30. The summed E-state index contributed by atoms with van der Waals surface area (Å²) in [5.41, 5.74) is 1.44. The lowest BCUT2D eigenvalue weighted by molar-refractivity contribution is -0.113. The number of hydrogen-bond acceptors (Lipinski definition) is 3. The number of carbonyl (C=O) groups is 2. The van der Waals surface area contributed by atoms with Gasteiger partial charge in [-0.05, 0) is 36.8 Å². The summed E-state index contributed by atoms with van der Waals surface area (Å²) in [6.45, 7) is 1.63. The summed E-state index contributed by atoms with van der Waals surface area (Å²) in [6, 6.07) is 11.8. The van der Waals surface area contributed by atoms with Gasteiger partial charge in [0.25, 0.3) is 5.91 Å². The zero-order chi connectivity index (χ0) is 18.7. The summed E-state index contributed by atoms with van der Waals surface area (Å²) in [6.07, 6.45) is 0. The lowest BCUT2D eigenvalue weighted by atomic mass is 9.94. The summed E-state index contributed by atoms with van der Waals surface area (Å²) in [5, 5.41) is 7.87. The number of hydrogen-bond donors (Lipinski definition) is 3. The average molecular weight is 355 g/mol. The third-order valence-corrected chi connectivity index (χ3v) is 4.06. The summed E-state index contributed by atoms with van der Waals surface area (Å²) in [4.78, 5) is 24.7. The Labute approximate surface area is 150 Å². The number of anilines is 1. The van der Waals surface area contributed by atoms with E-state index in [4.69, 9.17) is 4.74 Å². The molecule has 0 aliphatic carbocycles. The Balaban J connectivity index is 1.97. The molecule has 2 aromatic carbocycles. The van der Waals surface area contributed by atoms with Crippen LogP contribution in [0, 0.1) is 5.82 Å². The Morgan fingerprint density at radius 1 is 1.19 bits per heavy atom. The first-order valence-corrected chi connectivity index (χ1v) is 7.97. The second-order valence-electron chi connectivity index (χ2n) is 5.78. The molecule has 0 fully saturated rings. The molecular formula is C19H18FN3O3. The van der Waals surface area contributed by atoms with Crippen LogP contribution in [0.2, 0.25) is 0 Å². The molecule has 3 rings (SSSR count). The van der Waals surface area contributed by atoms with Crippen LogP contribution < -0.4 is 20.7 Å². The molecule has 1 aliphatic rings. The topological polar surface area (TPSA) is 79.5 Å². The van der Waals surface area contributed by atoms with E-state index >= 15 is 0 Å². The second kappa shape index (κ2) is 7.26. The Bertz CT molecular complexity index is 895. The molecule has 26 heavy (non-hydrogen) atoms. The fourth-order valence-electron chi connectivity index (χ4n) is 2.82. The maximum Gasteiger partial charge on any atom is 0.319 e. The summed E-state index contributed by atoms with van der Waals surface area (Å²) in [5.74, 6) is -0.445. The number of nitrogens with one attached hydrogen (secondary N) is 3. The van der Waals surface area contributed by atoms with Gasteiger partial charge in [-0.2, -0.15) is 0 Å². The van der Waals surface area contributed by atoms with Crippen molar-refractivity contribution in [3.8, 4) is 5.75 Å². The lowest BCUT2D eigenvalue weighted by Crippen LogP contribution is -2.46. The van der Waals surface area contributed by atoms with E-state index < -0.39 is 23.8 Å². The molecule has 3 N–H and O–H groups in total. The minimum atomic E-state index is -0.689. The van der Waals surface area contributed by atoms with E-state index in [1.54, 1.807) is 37.3 Å². The van der Waals surface area contributed by atoms with Crippen LogP contribution in [-0.4, -0.2) is 19.0 Å². The number of amides is 3. The van der Waals surface area contributed by atoms with Crippen LogP contribution in [0.3, 0.4) is 0 Å². The highest BCUT2D eigenvalue weighted by Gasteiger charge is 2.31. The normalized spacial score (nSPS) is 16.6. The highest BCUT2D eigenvalue weighted by atomic mass is 19.1. The van der Waals surface area contributed by atoms with Gasteiger partial charge in [-0.25, -0.2) is 9.18 Å². The molecule has 7 heteroatoms. The minimum absolute atomic E-state index is 0.0686. The molecule has 134 valence electrons. The fourth-order valence-corrected chi connectivity index (χ4v) is 2.82. The first-order chi connectivity index (χ1) is 12.5. The van der Waals surface area contributed by atoms with Crippen molar-refractivity contribution in [3.05, 3.63) is 71.2 Å². The van der Waals surface area contributed by atoms with Crippen molar-refractivity contribution in [1.82, 2.24) is 10.6 Å². The number of rotatable bonds is 4. The number of benzene rings is 2. The van der Waals surface area contributed by atoms with Crippen LogP contribution in [0.25, 0.3) is 0 Å². The van der Waals surface area contributed by atoms with E-state index in [0.717, 1.165) is 0 Å². The summed E-state index contributed by atoms with van der Waals surface area (Å²) in [7, 11) is 1.53. The third kappa shape index (κ3) is 3.51. The van der Waals surface area contributed by atoms with Gasteiger partial charge in [0, 0.05) is 5.70 Å². The second-order valence-corrected chi connectivity index (χ2v) is 5.78. The predicted molar refractivity (Wildman–Crippen MR) is 95.1 cm³/mol. The van der Waals surface area contributed by atoms with E-state index in [1.807, 2.05) is 0 Å². The maximum atomic E-state index is 13.9. The number of allylic oxidation sites excluding steroid dienone is 1. The molecule has 3 amide bonds. The SMILES string of the molecule is COc1cccc([C@@H]2NC(=O)NC(C)=C2C(=O)Nc2ccccc2F)c1. The molecular weight excluding hydrogens is 337 g/mol. The van der Waals surface area contributed by atoms with Crippen LogP contribution in [-0.2, 0) is 4.79 Å². The van der Waals surface area contributed by atoms with Crippen molar-refractivity contribution in [2.75, 3.05) is 12.4 Å². The number of methoxy groups -OCH3 is 1. The first kappa shape index (κ1) is 17.5. The molecule has 1 atom stereocenters. The van der Waals surface area contributed by atoms with E-state index in [-0.39, 0.29) is 5.69 Å². The standard InChI is InChI=1S/C19H18FN3O3/c1-11-16(18(24)22-15-9-4-3-8-14(15)20)17(23-19(25)21-11)12-6-5-7-13(10-12)26-2/h3-10,17H,1-2H3,(H,22,24)(H2,21,23,25)/t17-/m0/s1. The number of para-hydroxylation sites is 1. The van der Waals surface area contributed by atoms with Gasteiger partial charge < -0.3 is 20.7 Å². The van der Waals surface area contributed by atoms with Crippen molar-refractivity contribution < 1.29 is 18.7 Å². The Morgan fingerprint density at radius 3 is 2.69 bits per heavy atom. The summed E-state index contributed by atoms with van der Waals surface area (Å²) < 4.78 is 19.1. The molecule has 0 saturated carbocycles. The predicted octanol–water partition coefficient (Wildman–Crippen LogP) is 3.10. The number of carbonyl (C=O) groups excluding carboxylic acids is 2. The van der Waals surface area contributed by atoms with Crippen LogP contribution >= 0.6 is 0 Å². The molecule has 2 aromatic rings. The zero-order valence-electron chi connectivity index (χ0n) is 14.3. The molecule has 0 unspecified atom stereocenters. The van der Waals surface area contributed by atoms with Gasteiger partial charge in [-0.3, -0.25) is 4.79 Å². The van der Waals surface area contributed by atoms with Gasteiger partial charge in [0.15, 0.2) is 0 Å². The van der Waals surface area contributed by atoms with E-state index in [1.165, 1.54) is 25.3 Å². The van der Waals surface area contributed by atoms with Crippen molar-refractivity contribution in [2.24, 2.45) is 0 Å². The molecule has 1 heterocycles. The first-order valence-electron chi connectivity index (χ1n) is 7.97. The van der Waals surface area contributed by atoms with Crippen LogP contribution in [0.1, 0.15) is 18.5 Å². The Kier molecular flexibility index (Phi) is 4.88. The van der Waals surface area contributed by atoms with Gasteiger partial charge >= 0.3 is 6.03 Å². The van der Waals surface area contributed by atoms with Gasteiger partial charge in [0.05, 0.1) is 24.4 Å². The van der Waals surface area contributed by atoms with E-state index in [0.29, 0.717) is 22.6 Å². The third-order valence-electron chi connectivity index (χ3n) is 4.06. The van der Waals surface area contributed by atoms with Crippen molar-refractivity contribution in [3.63, 3.8) is 0 Å². The van der Waals surface area contributed by atoms with Gasteiger partial charge in [-0.15, -0.1) is 0 Å². The zero-order valence-corrected chi connectivity index (χ0v) is 14.3. The van der Waals surface area contributed by atoms with Gasteiger partial charge in [-0.1, -0.05) is 24.3 Å². The van der Waals surface area contributed by atoms with Crippen LogP contribution in [0.5, 0.6) is 5.75 Å². The average Bonchev–Trinajstić information content (AvgIpc) is 2.63. The molecule has 6 nitrogen and oxygen atoms in total. The molecule has 1 aliphatic heterocycles. The van der Waals surface area contributed by atoms with Gasteiger partial charge in [0.1, 0.15) is 11.6 Å². The smallest absolute Gasteiger partial charge is 0.319 e. The number of halogens is 1. The van der Waals surface area contributed by atoms with Crippen LogP contribution in [0.15, 0.2) is 59.8 Å². The molecule has 0 spiro atoms. The van der Waals surface area contributed by atoms with E-state index in [9.17, 15) is 14.0 Å². The fraction of sp³-hybridized carbons (Fsp3) is 0.158. The monoisotopic (exact) mass is 355 g/mol. The Morgan fingerprint density at radius 2 is 1.96 bits per heavy atom. The highest BCUT2D eigenvalue weighted by molar-refractivity contribution is 6.06. The van der Waals surface area contributed by atoms with Crippen LogP contribution in [0.4, 0.5) is 14.9 Å². The van der Waals surface area contributed by atoms with Crippen molar-refractivity contribution in [2.45, 2.75) is 13.0 Å². The number of urea groups is 1. The molecule has 0 radical (unpaired) electrons.